The summed E-state index contributed by atoms with van der Waals surface area (Å²) < 4.78 is 5.93. The molecule has 5 heteroatoms. The maximum atomic E-state index is 12.9. The van der Waals surface area contributed by atoms with Gasteiger partial charge in [0.05, 0.1) is 18.0 Å². The fraction of sp³-hybridized carbons (Fsp3) is 0.462. The number of nitrogens with zero attached hydrogens (tertiary/aromatic N) is 3. The highest BCUT2D eigenvalue weighted by Crippen LogP contribution is 2.35. The highest BCUT2D eigenvalue weighted by Gasteiger charge is 2.34. The van der Waals surface area contributed by atoms with Crippen molar-refractivity contribution in [2.75, 3.05) is 32.3 Å². The van der Waals surface area contributed by atoms with Crippen molar-refractivity contribution in [3.63, 3.8) is 0 Å². The number of fused-ring (bicyclic) bond motifs is 3. The van der Waals surface area contributed by atoms with E-state index < -0.39 is 0 Å². The monoisotopic (exact) mass is 419 g/mol. The number of amides is 1. The zero-order valence-corrected chi connectivity index (χ0v) is 19.3. The molecular formula is C26H33N3O2. The third-order valence-electron chi connectivity index (χ3n) is 6.30. The first-order chi connectivity index (χ1) is 14.8. The fourth-order valence-electron chi connectivity index (χ4n) is 4.60. The van der Waals surface area contributed by atoms with Crippen LogP contribution in [-0.2, 0) is 11.2 Å². The van der Waals surface area contributed by atoms with Gasteiger partial charge in [0.25, 0.3) is 0 Å². The molecule has 2 atom stereocenters. The third-order valence-corrected chi connectivity index (χ3v) is 6.30. The molecule has 2 aromatic rings. The van der Waals surface area contributed by atoms with Crippen molar-refractivity contribution in [3.8, 4) is 5.75 Å². The van der Waals surface area contributed by atoms with E-state index in [1.54, 1.807) is 5.01 Å². The summed E-state index contributed by atoms with van der Waals surface area (Å²) in [6.45, 7) is 8.13. The number of carbonyl (C=O) groups is 1. The van der Waals surface area contributed by atoms with Crippen LogP contribution in [0, 0.1) is 25.7 Å². The van der Waals surface area contributed by atoms with Gasteiger partial charge >= 0.3 is 0 Å². The number of ether oxygens (including phenoxy) is 1. The van der Waals surface area contributed by atoms with Crippen LogP contribution in [0.25, 0.3) is 0 Å². The standard InChI is InChI=1S/C26H33N3O2/c1-17(15-28(4)5)16-31-23-10-8-22(9-11-23)29-25(30)14-21-7-6-20-12-18(2)19(3)13-24(20)26(21)27-29/h8-13,17,21H,6-7,14-16H2,1-5H3. The average molecular weight is 420 g/mol. The average Bonchev–Trinajstić information content (AvgIpc) is 2.73. The number of hydrogen-bond donors (Lipinski definition) is 0. The highest BCUT2D eigenvalue weighted by atomic mass is 16.5. The maximum absolute atomic E-state index is 12.9. The van der Waals surface area contributed by atoms with Gasteiger partial charge in [-0.1, -0.05) is 13.0 Å². The quantitative estimate of drug-likeness (QED) is 0.688. The Morgan fingerprint density at radius 3 is 2.58 bits per heavy atom. The summed E-state index contributed by atoms with van der Waals surface area (Å²) in [5, 5.41) is 6.44. The number of hydrazone groups is 1. The number of hydrogen-bond acceptors (Lipinski definition) is 4. The molecule has 4 rings (SSSR count). The maximum Gasteiger partial charge on any atom is 0.248 e. The molecule has 1 aliphatic carbocycles. The van der Waals surface area contributed by atoms with Crippen LogP contribution in [-0.4, -0.2) is 43.8 Å². The van der Waals surface area contributed by atoms with E-state index >= 15 is 0 Å². The lowest BCUT2D eigenvalue weighted by Crippen LogP contribution is -2.39. The van der Waals surface area contributed by atoms with E-state index in [-0.39, 0.29) is 11.8 Å². The molecule has 0 radical (unpaired) electrons. The van der Waals surface area contributed by atoms with E-state index in [1.165, 1.54) is 22.3 Å². The van der Waals surface area contributed by atoms with Crippen LogP contribution in [0.5, 0.6) is 5.75 Å². The normalized spacial score (nSPS) is 19.0. The van der Waals surface area contributed by atoms with Gasteiger partial charge in [-0.3, -0.25) is 4.79 Å². The van der Waals surface area contributed by atoms with Gasteiger partial charge in [-0.2, -0.15) is 5.10 Å². The van der Waals surface area contributed by atoms with Crippen LogP contribution in [0.3, 0.4) is 0 Å². The lowest BCUT2D eigenvalue weighted by molar-refractivity contribution is -0.119. The Morgan fingerprint density at radius 2 is 1.87 bits per heavy atom. The van der Waals surface area contributed by atoms with Crippen molar-refractivity contribution in [1.82, 2.24) is 4.90 Å². The van der Waals surface area contributed by atoms with Crippen molar-refractivity contribution in [3.05, 3.63) is 58.7 Å². The minimum atomic E-state index is 0.0642. The summed E-state index contributed by atoms with van der Waals surface area (Å²) in [7, 11) is 4.14. The van der Waals surface area contributed by atoms with E-state index in [9.17, 15) is 4.79 Å². The minimum absolute atomic E-state index is 0.0642. The molecule has 31 heavy (non-hydrogen) atoms. The Balaban J connectivity index is 1.54. The van der Waals surface area contributed by atoms with Gasteiger partial charge in [-0.25, -0.2) is 5.01 Å². The van der Waals surface area contributed by atoms with Gasteiger partial charge in [-0.15, -0.1) is 0 Å². The van der Waals surface area contributed by atoms with E-state index in [4.69, 9.17) is 9.84 Å². The molecule has 0 saturated carbocycles. The van der Waals surface area contributed by atoms with Crippen LogP contribution in [0.4, 0.5) is 5.69 Å². The molecule has 0 saturated heterocycles. The molecule has 0 bridgehead atoms. The summed E-state index contributed by atoms with van der Waals surface area (Å²) >= 11 is 0. The van der Waals surface area contributed by atoms with Crippen molar-refractivity contribution >= 4 is 17.3 Å². The molecule has 1 heterocycles. The van der Waals surface area contributed by atoms with Crippen LogP contribution in [0.2, 0.25) is 0 Å². The first kappa shape index (κ1) is 21.6. The molecule has 2 aromatic carbocycles. The number of benzene rings is 2. The second-order valence-electron chi connectivity index (χ2n) is 9.40. The van der Waals surface area contributed by atoms with Crippen molar-refractivity contribution < 1.29 is 9.53 Å². The van der Waals surface area contributed by atoms with Gasteiger partial charge in [0.1, 0.15) is 5.75 Å². The van der Waals surface area contributed by atoms with Gasteiger partial charge in [-0.05, 0) is 87.8 Å². The summed E-state index contributed by atoms with van der Waals surface area (Å²) in [6.07, 6.45) is 2.53. The second kappa shape index (κ2) is 8.83. The summed E-state index contributed by atoms with van der Waals surface area (Å²) in [5.74, 6) is 1.55. The number of aryl methyl sites for hydroxylation is 3. The topological polar surface area (TPSA) is 45.1 Å². The lowest BCUT2D eigenvalue weighted by Gasteiger charge is -2.33. The van der Waals surface area contributed by atoms with Gasteiger partial charge in [0, 0.05) is 30.4 Å². The SMILES string of the molecule is Cc1cc2c(cc1C)C1=NN(c3ccc(OCC(C)CN(C)C)cc3)C(=O)CC1CC2. The molecule has 2 aliphatic rings. The van der Waals surface area contributed by atoms with E-state index in [1.807, 2.05) is 24.3 Å². The molecule has 2 unspecified atom stereocenters. The van der Waals surface area contributed by atoms with Crippen molar-refractivity contribution in [2.24, 2.45) is 16.9 Å². The van der Waals surface area contributed by atoms with Crippen LogP contribution in [0.15, 0.2) is 41.5 Å². The smallest absolute Gasteiger partial charge is 0.248 e. The zero-order chi connectivity index (χ0) is 22.1. The summed E-state index contributed by atoms with van der Waals surface area (Å²) in [5.41, 5.74) is 7.00. The molecule has 164 valence electrons. The first-order valence-corrected chi connectivity index (χ1v) is 11.2. The zero-order valence-electron chi connectivity index (χ0n) is 19.3. The van der Waals surface area contributed by atoms with E-state index in [2.05, 4.69) is 51.9 Å². The second-order valence-corrected chi connectivity index (χ2v) is 9.40. The Morgan fingerprint density at radius 1 is 1.16 bits per heavy atom. The fourth-order valence-corrected chi connectivity index (χ4v) is 4.60. The molecule has 0 fully saturated rings. The molecule has 5 nitrogen and oxygen atoms in total. The van der Waals surface area contributed by atoms with Gasteiger partial charge in [0.15, 0.2) is 0 Å². The number of anilines is 1. The van der Waals surface area contributed by atoms with Crippen molar-refractivity contribution in [1.29, 1.82) is 0 Å². The molecule has 0 N–H and O–H groups in total. The predicted octanol–water partition coefficient (Wildman–Crippen LogP) is 4.58. The summed E-state index contributed by atoms with van der Waals surface area (Å²) in [6, 6.07) is 12.2. The highest BCUT2D eigenvalue weighted by molar-refractivity contribution is 6.11. The van der Waals surface area contributed by atoms with Crippen LogP contribution in [0.1, 0.15) is 42.0 Å². The van der Waals surface area contributed by atoms with Crippen LogP contribution >= 0.6 is 0 Å². The first-order valence-electron chi connectivity index (χ1n) is 11.2. The van der Waals surface area contributed by atoms with Gasteiger partial charge < -0.3 is 9.64 Å². The number of carbonyl (C=O) groups excluding carboxylic acids is 1. The third kappa shape index (κ3) is 4.67. The van der Waals surface area contributed by atoms with E-state index in [0.717, 1.165) is 36.5 Å². The molecular weight excluding hydrogens is 386 g/mol. The molecule has 1 amide bonds. The van der Waals surface area contributed by atoms with Crippen LogP contribution < -0.4 is 9.75 Å². The Kier molecular flexibility index (Phi) is 6.15. The Bertz CT molecular complexity index is 994. The largest absolute Gasteiger partial charge is 0.493 e. The molecule has 0 spiro atoms. The minimum Gasteiger partial charge on any atom is -0.493 e. The Hall–Kier alpha value is -2.66. The molecule has 0 aromatic heterocycles. The number of rotatable bonds is 6. The lowest BCUT2D eigenvalue weighted by atomic mass is 9.78. The van der Waals surface area contributed by atoms with Gasteiger partial charge in [0.2, 0.25) is 5.91 Å². The summed E-state index contributed by atoms with van der Waals surface area (Å²) in [4.78, 5) is 15.0. The Labute approximate surface area is 185 Å². The van der Waals surface area contributed by atoms with Crippen molar-refractivity contribution in [2.45, 2.75) is 40.0 Å². The predicted molar refractivity (Wildman–Crippen MR) is 126 cm³/mol. The molecule has 1 aliphatic heterocycles. The van der Waals surface area contributed by atoms with E-state index in [0.29, 0.717) is 18.9 Å².